The first-order chi connectivity index (χ1) is 10.8. The Morgan fingerprint density at radius 2 is 1.32 bits per heavy atom. The Balaban J connectivity index is 1.75. The fourth-order valence-electron chi connectivity index (χ4n) is 2.28. The van der Waals surface area contributed by atoms with E-state index in [4.69, 9.17) is 0 Å². The number of anilines is 2. The molecule has 0 aliphatic heterocycles. The number of hydrogen-bond acceptors (Lipinski definition) is 1. The zero-order valence-electron chi connectivity index (χ0n) is 12.7. The molecule has 3 aromatic carbocycles. The summed E-state index contributed by atoms with van der Waals surface area (Å²) in [6, 6.07) is 27.2. The molecular weight excluding hydrogens is 266 g/mol. The second-order valence-electron chi connectivity index (χ2n) is 5.36. The third-order valence-corrected chi connectivity index (χ3v) is 3.49. The molecule has 1 nitrogen and oxygen atoms in total. The molecule has 0 aliphatic rings. The molecule has 0 bridgehead atoms. The van der Waals surface area contributed by atoms with Gasteiger partial charge in [-0.05, 0) is 42.3 Å². The van der Waals surface area contributed by atoms with E-state index in [0.29, 0.717) is 0 Å². The Hall–Kier alpha value is -2.80. The predicted octanol–water partition coefficient (Wildman–Crippen LogP) is 5.91. The van der Waals surface area contributed by atoms with Gasteiger partial charge in [0.25, 0.3) is 0 Å². The van der Waals surface area contributed by atoms with Gasteiger partial charge in [-0.25, -0.2) is 0 Å². The smallest absolute Gasteiger partial charge is 0.0390 e. The van der Waals surface area contributed by atoms with Crippen LogP contribution in [0.4, 0.5) is 11.4 Å². The van der Waals surface area contributed by atoms with Crippen LogP contribution >= 0.6 is 0 Å². The predicted molar refractivity (Wildman–Crippen MR) is 96.3 cm³/mol. The molecule has 22 heavy (non-hydrogen) atoms. The van der Waals surface area contributed by atoms with Crippen molar-refractivity contribution < 1.29 is 0 Å². The van der Waals surface area contributed by atoms with Crippen molar-refractivity contribution in [3.63, 3.8) is 0 Å². The molecule has 0 amide bonds. The summed E-state index contributed by atoms with van der Waals surface area (Å²) in [7, 11) is 0. The van der Waals surface area contributed by atoms with Crippen LogP contribution in [0.5, 0.6) is 0 Å². The van der Waals surface area contributed by atoms with E-state index in [1.54, 1.807) is 0 Å². The fourth-order valence-corrected chi connectivity index (χ4v) is 2.28. The lowest BCUT2D eigenvalue weighted by Gasteiger charge is -2.07. The van der Waals surface area contributed by atoms with Crippen molar-refractivity contribution >= 4 is 23.5 Å². The Morgan fingerprint density at radius 3 is 2.09 bits per heavy atom. The van der Waals surface area contributed by atoms with Crippen LogP contribution in [0, 0.1) is 6.92 Å². The van der Waals surface area contributed by atoms with Gasteiger partial charge in [-0.3, -0.25) is 0 Å². The van der Waals surface area contributed by atoms with E-state index >= 15 is 0 Å². The molecule has 0 atom stereocenters. The van der Waals surface area contributed by atoms with E-state index in [1.165, 1.54) is 16.7 Å². The minimum absolute atomic E-state index is 1.10. The molecule has 0 saturated carbocycles. The summed E-state index contributed by atoms with van der Waals surface area (Å²) < 4.78 is 0. The van der Waals surface area contributed by atoms with Crippen LogP contribution in [0.15, 0.2) is 78.9 Å². The van der Waals surface area contributed by atoms with Crippen LogP contribution in [0.25, 0.3) is 12.2 Å². The maximum Gasteiger partial charge on any atom is 0.0390 e. The van der Waals surface area contributed by atoms with Gasteiger partial charge in [0.15, 0.2) is 0 Å². The molecule has 3 rings (SSSR count). The number of rotatable bonds is 4. The van der Waals surface area contributed by atoms with Crippen LogP contribution in [0.2, 0.25) is 0 Å². The average Bonchev–Trinajstić information content (AvgIpc) is 2.57. The lowest BCUT2D eigenvalue weighted by molar-refractivity contribution is 1.45. The van der Waals surface area contributed by atoms with Gasteiger partial charge >= 0.3 is 0 Å². The van der Waals surface area contributed by atoms with Gasteiger partial charge in [-0.15, -0.1) is 0 Å². The number of hydrogen-bond donors (Lipinski definition) is 1. The maximum absolute atomic E-state index is 3.44. The van der Waals surface area contributed by atoms with Gasteiger partial charge in [-0.1, -0.05) is 72.3 Å². The molecule has 0 aromatic heterocycles. The van der Waals surface area contributed by atoms with E-state index in [2.05, 4.69) is 97.2 Å². The molecule has 0 fully saturated rings. The third-order valence-electron chi connectivity index (χ3n) is 3.49. The van der Waals surface area contributed by atoms with Crippen LogP contribution in [0.1, 0.15) is 16.7 Å². The lowest BCUT2D eigenvalue weighted by Crippen LogP contribution is -1.90. The first-order valence-corrected chi connectivity index (χ1v) is 7.46. The molecular formula is C21H19N. The maximum atomic E-state index is 3.44. The van der Waals surface area contributed by atoms with Crippen molar-refractivity contribution in [1.29, 1.82) is 0 Å². The molecule has 3 aromatic rings. The minimum Gasteiger partial charge on any atom is -0.356 e. The molecule has 0 spiro atoms. The van der Waals surface area contributed by atoms with Crippen molar-refractivity contribution in [2.45, 2.75) is 6.92 Å². The van der Waals surface area contributed by atoms with E-state index < -0.39 is 0 Å². The van der Waals surface area contributed by atoms with E-state index in [9.17, 15) is 0 Å². The second-order valence-corrected chi connectivity index (χ2v) is 5.36. The van der Waals surface area contributed by atoms with Crippen molar-refractivity contribution in [2.24, 2.45) is 0 Å². The van der Waals surface area contributed by atoms with Gasteiger partial charge in [0, 0.05) is 11.4 Å². The largest absolute Gasteiger partial charge is 0.356 e. The Morgan fingerprint density at radius 1 is 0.636 bits per heavy atom. The zero-order valence-corrected chi connectivity index (χ0v) is 12.7. The van der Waals surface area contributed by atoms with Gasteiger partial charge in [-0.2, -0.15) is 0 Å². The van der Waals surface area contributed by atoms with Crippen molar-refractivity contribution in [3.05, 3.63) is 95.6 Å². The number of aryl methyl sites for hydroxylation is 1. The van der Waals surface area contributed by atoms with Gasteiger partial charge < -0.3 is 5.32 Å². The quantitative estimate of drug-likeness (QED) is 0.588. The summed E-state index contributed by atoms with van der Waals surface area (Å²) in [5.74, 6) is 0. The van der Waals surface area contributed by atoms with E-state index in [0.717, 1.165) is 11.4 Å². The SMILES string of the molecule is Cc1ccc(Nc2cccc(/C=C/c3ccccc3)c2)cc1. The van der Waals surface area contributed by atoms with E-state index in [1.807, 2.05) is 6.07 Å². The molecule has 108 valence electrons. The lowest BCUT2D eigenvalue weighted by atomic mass is 10.1. The summed E-state index contributed by atoms with van der Waals surface area (Å²) >= 11 is 0. The topological polar surface area (TPSA) is 12.0 Å². The molecule has 0 heterocycles. The monoisotopic (exact) mass is 285 g/mol. The van der Waals surface area contributed by atoms with E-state index in [-0.39, 0.29) is 0 Å². The van der Waals surface area contributed by atoms with Crippen LogP contribution in [-0.4, -0.2) is 0 Å². The highest BCUT2D eigenvalue weighted by Crippen LogP contribution is 2.19. The van der Waals surface area contributed by atoms with Crippen molar-refractivity contribution in [1.82, 2.24) is 0 Å². The standard InChI is InChI=1S/C21H19N/c1-17-10-14-20(15-11-17)22-21-9-5-8-19(16-21)13-12-18-6-3-2-4-7-18/h2-16,22H,1H3/b13-12+. The Labute approximate surface area is 132 Å². The number of benzene rings is 3. The zero-order chi connectivity index (χ0) is 15.2. The molecule has 1 heteroatoms. The fraction of sp³-hybridized carbons (Fsp3) is 0.0476. The van der Waals surface area contributed by atoms with Crippen LogP contribution in [0.3, 0.4) is 0 Å². The Bertz CT molecular complexity index is 755. The van der Waals surface area contributed by atoms with Gasteiger partial charge in [0.1, 0.15) is 0 Å². The molecule has 1 N–H and O–H groups in total. The highest BCUT2D eigenvalue weighted by Gasteiger charge is 1.95. The normalized spacial score (nSPS) is 10.8. The summed E-state index contributed by atoms with van der Waals surface area (Å²) in [5.41, 5.74) is 5.86. The van der Waals surface area contributed by atoms with Gasteiger partial charge in [0.05, 0.1) is 0 Å². The Kier molecular flexibility index (Phi) is 4.35. The highest BCUT2D eigenvalue weighted by atomic mass is 14.9. The second kappa shape index (κ2) is 6.77. The summed E-state index contributed by atoms with van der Waals surface area (Å²) in [5, 5.41) is 3.44. The minimum atomic E-state index is 1.10. The first-order valence-electron chi connectivity index (χ1n) is 7.46. The highest BCUT2D eigenvalue weighted by molar-refractivity contribution is 5.72. The van der Waals surface area contributed by atoms with Gasteiger partial charge in [0.2, 0.25) is 0 Å². The summed E-state index contributed by atoms with van der Waals surface area (Å²) in [6.45, 7) is 2.10. The summed E-state index contributed by atoms with van der Waals surface area (Å²) in [6.07, 6.45) is 4.26. The summed E-state index contributed by atoms with van der Waals surface area (Å²) in [4.78, 5) is 0. The van der Waals surface area contributed by atoms with Crippen molar-refractivity contribution in [2.75, 3.05) is 5.32 Å². The number of nitrogens with one attached hydrogen (secondary N) is 1. The van der Waals surface area contributed by atoms with Crippen molar-refractivity contribution in [3.8, 4) is 0 Å². The average molecular weight is 285 g/mol. The van der Waals surface area contributed by atoms with Crippen LogP contribution < -0.4 is 5.32 Å². The molecule has 0 aliphatic carbocycles. The first kappa shape index (κ1) is 14.2. The third kappa shape index (κ3) is 3.86. The molecule has 0 saturated heterocycles. The molecule has 0 radical (unpaired) electrons. The van der Waals surface area contributed by atoms with Crippen LogP contribution in [-0.2, 0) is 0 Å². The molecule has 0 unspecified atom stereocenters.